The summed E-state index contributed by atoms with van der Waals surface area (Å²) in [6.45, 7) is 0.839. The molecule has 0 amide bonds. The first-order valence-electron chi connectivity index (χ1n) is 8.08. The Bertz CT molecular complexity index is 703. The van der Waals surface area contributed by atoms with E-state index >= 15 is 0 Å². The number of fused-ring (bicyclic) bond motifs is 3. The molecule has 0 radical (unpaired) electrons. The number of thioether (sulfide) groups is 1. The van der Waals surface area contributed by atoms with Crippen molar-refractivity contribution in [1.29, 1.82) is 0 Å². The van der Waals surface area contributed by atoms with Crippen LogP contribution in [0.25, 0.3) is 0 Å². The molecular formula is C19H20ClNOS. The highest BCUT2D eigenvalue weighted by Crippen LogP contribution is 2.49. The fraction of sp³-hybridized carbons (Fsp3) is 0.368. The highest BCUT2D eigenvalue weighted by atomic mass is 35.5. The molecule has 2 aromatic rings. The molecule has 4 rings (SSSR count). The van der Waals surface area contributed by atoms with Crippen molar-refractivity contribution in [3.8, 4) is 0 Å². The Morgan fingerprint density at radius 2 is 2.00 bits per heavy atom. The van der Waals surface area contributed by atoms with Crippen LogP contribution >= 0.6 is 23.4 Å². The van der Waals surface area contributed by atoms with Gasteiger partial charge in [-0.3, -0.25) is 0 Å². The Balaban J connectivity index is 1.73. The molecule has 0 spiro atoms. The van der Waals surface area contributed by atoms with Crippen LogP contribution in [-0.2, 0) is 4.74 Å². The van der Waals surface area contributed by atoms with Crippen LogP contribution in [0.5, 0.6) is 0 Å². The molecule has 23 heavy (non-hydrogen) atoms. The van der Waals surface area contributed by atoms with E-state index in [1.165, 1.54) is 22.4 Å². The van der Waals surface area contributed by atoms with Gasteiger partial charge in [0.15, 0.2) is 0 Å². The number of nitrogens with one attached hydrogen (secondary N) is 1. The number of ether oxygens (including phenoxy) is 1. The van der Waals surface area contributed by atoms with Gasteiger partial charge >= 0.3 is 0 Å². The number of rotatable bonds is 2. The normalized spacial score (nSPS) is 26.1. The minimum Gasteiger partial charge on any atom is -0.378 e. The van der Waals surface area contributed by atoms with Gasteiger partial charge < -0.3 is 10.1 Å². The number of benzene rings is 2. The predicted molar refractivity (Wildman–Crippen MR) is 97.5 cm³/mol. The molecule has 0 saturated carbocycles. The lowest BCUT2D eigenvalue weighted by Crippen LogP contribution is -2.35. The van der Waals surface area contributed by atoms with Gasteiger partial charge in [0.2, 0.25) is 0 Å². The summed E-state index contributed by atoms with van der Waals surface area (Å²) in [5.41, 5.74) is 3.69. The van der Waals surface area contributed by atoms with Crippen LogP contribution in [0.2, 0.25) is 5.02 Å². The van der Waals surface area contributed by atoms with E-state index in [1.807, 2.05) is 6.07 Å². The summed E-state index contributed by atoms with van der Waals surface area (Å²) in [4.78, 5) is 1.30. The van der Waals surface area contributed by atoms with Crippen molar-refractivity contribution in [1.82, 2.24) is 0 Å². The van der Waals surface area contributed by atoms with E-state index < -0.39 is 0 Å². The Morgan fingerprint density at radius 1 is 1.17 bits per heavy atom. The number of halogens is 1. The zero-order chi connectivity index (χ0) is 15.8. The van der Waals surface area contributed by atoms with Crippen molar-refractivity contribution in [2.45, 2.75) is 29.9 Å². The third kappa shape index (κ3) is 2.86. The number of anilines is 1. The minimum absolute atomic E-state index is 0.143. The summed E-state index contributed by atoms with van der Waals surface area (Å²) in [6.07, 6.45) is 4.55. The SMILES string of the molecule is CSc1ccc(C2Nc3ccc(Cl)cc3[C@H]3OCCC[C@@H]23)cc1. The third-order valence-electron chi connectivity index (χ3n) is 4.90. The third-order valence-corrected chi connectivity index (χ3v) is 5.88. The summed E-state index contributed by atoms with van der Waals surface area (Å²) in [6, 6.07) is 15.3. The average Bonchev–Trinajstić information content (AvgIpc) is 2.61. The van der Waals surface area contributed by atoms with Crippen molar-refractivity contribution in [2.75, 3.05) is 18.2 Å². The van der Waals surface area contributed by atoms with Gasteiger partial charge in [0.1, 0.15) is 0 Å². The van der Waals surface area contributed by atoms with E-state index in [2.05, 4.69) is 48.0 Å². The van der Waals surface area contributed by atoms with Gasteiger partial charge in [-0.25, -0.2) is 0 Å². The summed E-state index contributed by atoms with van der Waals surface area (Å²) in [5.74, 6) is 0.454. The van der Waals surface area contributed by atoms with Crippen LogP contribution in [-0.4, -0.2) is 12.9 Å². The van der Waals surface area contributed by atoms with Crippen LogP contribution in [0.3, 0.4) is 0 Å². The summed E-state index contributed by atoms with van der Waals surface area (Å²) >= 11 is 7.99. The van der Waals surface area contributed by atoms with E-state index in [4.69, 9.17) is 16.3 Å². The molecule has 0 aromatic heterocycles. The van der Waals surface area contributed by atoms with Gasteiger partial charge in [-0.2, -0.15) is 0 Å². The quantitative estimate of drug-likeness (QED) is 0.706. The molecule has 0 aliphatic carbocycles. The molecule has 1 unspecified atom stereocenters. The topological polar surface area (TPSA) is 21.3 Å². The molecule has 0 bridgehead atoms. The molecule has 1 N–H and O–H groups in total. The van der Waals surface area contributed by atoms with E-state index in [-0.39, 0.29) is 6.10 Å². The molecule has 4 heteroatoms. The summed E-state index contributed by atoms with van der Waals surface area (Å²) in [7, 11) is 0. The fourth-order valence-corrected chi connectivity index (χ4v) is 4.37. The van der Waals surface area contributed by atoms with Crippen molar-refractivity contribution >= 4 is 29.1 Å². The average molecular weight is 346 g/mol. The first-order valence-corrected chi connectivity index (χ1v) is 9.68. The summed E-state index contributed by atoms with van der Waals surface area (Å²) < 4.78 is 6.16. The minimum atomic E-state index is 0.143. The number of hydrogen-bond acceptors (Lipinski definition) is 3. The van der Waals surface area contributed by atoms with E-state index in [9.17, 15) is 0 Å². The van der Waals surface area contributed by atoms with Crippen molar-refractivity contribution in [2.24, 2.45) is 5.92 Å². The fourth-order valence-electron chi connectivity index (χ4n) is 3.78. The molecule has 1 saturated heterocycles. The largest absolute Gasteiger partial charge is 0.378 e. The molecule has 120 valence electrons. The molecule has 3 atom stereocenters. The van der Waals surface area contributed by atoms with Crippen LogP contribution in [0.15, 0.2) is 47.4 Å². The molecule has 1 fully saturated rings. The van der Waals surface area contributed by atoms with E-state index in [1.54, 1.807) is 11.8 Å². The van der Waals surface area contributed by atoms with Crippen LogP contribution in [0.1, 0.15) is 36.1 Å². The molecular weight excluding hydrogens is 326 g/mol. The Morgan fingerprint density at radius 3 is 2.78 bits per heavy atom. The second-order valence-electron chi connectivity index (χ2n) is 6.22. The molecule has 2 heterocycles. The summed E-state index contributed by atoms with van der Waals surface area (Å²) in [5, 5.41) is 4.51. The van der Waals surface area contributed by atoms with Crippen molar-refractivity contribution in [3.05, 3.63) is 58.6 Å². The lowest BCUT2D eigenvalue weighted by Gasteiger charge is -2.43. The first kappa shape index (κ1) is 15.4. The van der Waals surface area contributed by atoms with E-state index in [0.717, 1.165) is 23.7 Å². The van der Waals surface area contributed by atoms with Crippen molar-refractivity contribution < 1.29 is 4.74 Å². The van der Waals surface area contributed by atoms with Gasteiger partial charge in [0, 0.05) is 33.7 Å². The molecule has 2 aliphatic heterocycles. The van der Waals surface area contributed by atoms with Gasteiger partial charge in [0.25, 0.3) is 0 Å². The van der Waals surface area contributed by atoms with Crippen molar-refractivity contribution in [3.63, 3.8) is 0 Å². The van der Waals surface area contributed by atoms with Crippen LogP contribution in [0, 0.1) is 5.92 Å². The maximum absolute atomic E-state index is 6.21. The van der Waals surface area contributed by atoms with Gasteiger partial charge in [-0.05, 0) is 55.0 Å². The van der Waals surface area contributed by atoms with Gasteiger partial charge in [-0.1, -0.05) is 23.7 Å². The second-order valence-corrected chi connectivity index (χ2v) is 7.54. The monoisotopic (exact) mass is 345 g/mol. The second kappa shape index (κ2) is 6.39. The molecule has 2 aromatic carbocycles. The zero-order valence-electron chi connectivity index (χ0n) is 13.1. The van der Waals surface area contributed by atoms with E-state index in [0.29, 0.717) is 12.0 Å². The smallest absolute Gasteiger partial charge is 0.0896 e. The zero-order valence-corrected chi connectivity index (χ0v) is 14.7. The Hall–Kier alpha value is -1.16. The molecule has 2 nitrogen and oxygen atoms in total. The first-order chi connectivity index (χ1) is 11.3. The highest BCUT2D eigenvalue weighted by molar-refractivity contribution is 7.98. The molecule has 2 aliphatic rings. The van der Waals surface area contributed by atoms with Crippen LogP contribution in [0.4, 0.5) is 5.69 Å². The Labute approximate surface area is 146 Å². The van der Waals surface area contributed by atoms with Crippen LogP contribution < -0.4 is 5.32 Å². The van der Waals surface area contributed by atoms with Gasteiger partial charge in [-0.15, -0.1) is 11.8 Å². The maximum Gasteiger partial charge on any atom is 0.0896 e. The standard InChI is InChI=1S/C19H20ClNOS/c1-23-14-7-4-12(5-8-14)18-15-3-2-10-22-19(15)16-11-13(20)6-9-17(16)21-18/h4-9,11,15,18-19,21H,2-3,10H2,1H3/t15-,18?,19-/m0/s1. The van der Waals surface area contributed by atoms with Gasteiger partial charge in [0.05, 0.1) is 12.1 Å². The Kier molecular flexibility index (Phi) is 4.27. The number of hydrogen-bond donors (Lipinski definition) is 1. The lowest BCUT2D eigenvalue weighted by molar-refractivity contribution is -0.0381. The lowest BCUT2D eigenvalue weighted by atomic mass is 9.77. The highest BCUT2D eigenvalue weighted by Gasteiger charge is 2.39. The maximum atomic E-state index is 6.21. The predicted octanol–water partition coefficient (Wildman–Crippen LogP) is 5.70.